The Hall–Kier alpha value is -1.78. The first-order valence-electron chi connectivity index (χ1n) is 5.86. The van der Waals surface area contributed by atoms with Crippen LogP contribution in [0.25, 0.3) is 0 Å². The average Bonchev–Trinajstić information content (AvgIpc) is 2.29. The summed E-state index contributed by atoms with van der Waals surface area (Å²) in [7, 11) is 0. The fourth-order valence-electron chi connectivity index (χ4n) is 2.09. The molecule has 1 aliphatic rings. The number of carbonyl (C=O) groups excluding carboxylic acids is 1. The first-order valence-corrected chi connectivity index (χ1v) is 5.86. The van der Waals surface area contributed by atoms with Crippen LogP contribution in [0.1, 0.15) is 30.1 Å². The number of amides is 1. The van der Waals surface area contributed by atoms with E-state index in [0.717, 1.165) is 12.8 Å². The summed E-state index contributed by atoms with van der Waals surface area (Å²) in [6, 6.07) is 1.33. The van der Waals surface area contributed by atoms with E-state index in [-0.39, 0.29) is 22.7 Å². The Balaban J connectivity index is 2.23. The van der Waals surface area contributed by atoms with Gasteiger partial charge in [0.25, 0.3) is 5.91 Å². The van der Waals surface area contributed by atoms with Crippen molar-refractivity contribution in [2.45, 2.75) is 19.8 Å². The second-order valence-electron chi connectivity index (χ2n) is 4.61. The third-order valence-corrected chi connectivity index (χ3v) is 3.27. The maximum absolute atomic E-state index is 12.2. The number of aromatic nitrogens is 1. The summed E-state index contributed by atoms with van der Waals surface area (Å²) in [5.74, 6) is 0.544. The van der Waals surface area contributed by atoms with E-state index in [4.69, 9.17) is 5.73 Å². The number of piperidine rings is 1. The SMILES string of the molecule is CC1CCN(C(=O)c2c(N)[nH]ccc2=O)CC1. The van der Waals surface area contributed by atoms with Crippen LogP contribution in [0.4, 0.5) is 5.82 Å². The van der Waals surface area contributed by atoms with Gasteiger partial charge in [0.2, 0.25) is 0 Å². The molecule has 3 N–H and O–H groups in total. The van der Waals surface area contributed by atoms with Crippen LogP contribution in [0.15, 0.2) is 17.1 Å². The summed E-state index contributed by atoms with van der Waals surface area (Å²) < 4.78 is 0. The van der Waals surface area contributed by atoms with E-state index in [9.17, 15) is 9.59 Å². The number of nitrogens with zero attached hydrogens (tertiary/aromatic N) is 1. The van der Waals surface area contributed by atoms with Crippen LogP contribution in [0.2, 0.25) is 0 Å². The molecular weight excluding hydrogens is 218 g/mol. The zero-order valence-corrected chi connectivity index (χ0v) is 9.90. The molecule has 2 rings (SSSR count). The van der Waals surface area contributed by atoms with Gasteiger partial charge < -0.3 is 15.6 Å². The Morgan fingerprint density at radius 3 is 2.71 bits per heavy atom. The van der Waals surface area contributed by atoms with Crippen molar-refractivity contribution < 1.29 is 4.79 Å². The quantitative estimate of drug-likeness (QED) is 0.756. The summed E-state index contributed by atoms with van der Waals surface area (Å²) in [4.78, 5) is 28.2. The molecule has 92 valence electrons. The summed E-state index contributed by atoms with van der Waals surface area (Å²) in [5.41, 5.74) is 5.41. The molecular formula is C12H17N3O2. The zero-order valence-electron chi connectivity index (χ0n) is 9.90. The number of hydrogen-bond donors (Lipinski definition) is 2. The number of hydrogen-bond acceptors (Lipinski definition) is 3. The van der Waals surface area contributed by atoms with Crippen LogP contribution >= 0.6 is 0 Å². The van der Waals surface area contributed by atoms with Crippen molar-refractivity contribution in [1.29, 1.82) is 0 Å². The van der Waals surface area contributed by atoms with Crippen molar-refractivity contribution in [3.05, 3.63) is 28.0 Å². The fraction of sp³-hybridized carbons (Fsp3) is 0.500. The van der Waals surface area contributed by atoms with Gasteiger partial charge in [-0.3, -0.25) is 9.59 Å². The number of aromatic amines is 1. The van der Waals surface area contributed by atoms with Crippen LogP contribution in [-0.4, -0.2) is 28.9 Å². The van der Waals surface area contributed by atoms with Crippen LogP contribution in [0, 0.1) is 5.92 Å². The largest absolute Gasteiger partial charge is 0.384 e. The highest BCUT2D eigenvalue weighted by Crippen LogP contribution is 2.18. The molecule has 1 fully saturated rings. The molecule has 1 saturated heterocycles. The second kappa shape index (κ2) is 4.61. The van der Waals surface area contributed by atoms with Crippen molar-refractivity contribution in [3.8, 4) is 0 Å². The van der Waals surface area contributed by atoms with Crippen molar-refractivity contribution >= 4 is 11.7 Å². The molecule has 0 saturated carbocycles. The standard InChI is InChI=1S/C12H17N3O2/c1-8-3-6-15(7-4-8)12(17)10-9(16)2-5-14-11(10)13/h2,5,8H,3-4,6-7H2,1H3,(H3,13,14,16). The Morgan fingerprint density at radius 1 is 1.47 bits per heavy atom. The first kappa shape index (κ1) is 11.7. The number of rotatable bonds is 1. The number of anilines is 1. The van der Waals surface area contributed by atoms with E-state index < -0.39 is 0 Å². The molecule has 0 aromatic carbocycles. The maximum Gasteiger partial charge on any atom is 0.261 e. The van der Waals surface area contributed by atoms with E-state index in [1.54, 1.807) is 4.90 Å². The van der Waals surface area contributed by atoms with Crippen LogP contribution in [0.3, 0.4) is 0 Å². The van der Waals surface area contributed by atoms with E-state index in [0.29, 0.717) is 19.0 Å². The number of nitrogen functional groups attached to an aromatic ring is 1. The van der Waals surface area contributed by atoms with Crippen molar-refractivity contribution in [3.63, 3.8) is 0 Å². The normalized spacial score (nSPS) is 17.1. The number of likely N-dealkylation sites (tertiary alicyclic amines) is 1. The summed E-state index contributed by atoms with van der Waals surface area (Å²) in [6.45, 7) is 3.58. The molecule has 0 unspecified atom stereocenters. The average molecular weight is 235 g/mol. The Labute approximate surface area is 99.6 Å². The Kier molecular flexibility index (Phi) is 3.17. The highest BCUT2D eigenvalue weighted by Gasteiger charge is 2.24. The number of carbonyl (C=O) groups is 1. The molecule has 1 amide bonds. The predicted octanol–water partition coefficient (Wildman–Crippen LogP) is 0.829. The topological polar surface area (TPSA) is 79.2 Å². The smallest absolute Gasteiger partial charge is 0.261 e. The lowest BCUT2D eigenvalue weighted by Crippen LogP contribution is -2.40. The van der Waals surface area contributed by atoms with Gasteiger partial charge in [0, 0.05) is 25.4 Å². The summed E-state index contributed by atoms with van der Waals surface area (Å²) in [6.07, 6.45) is 3.42. The van der Waals surface area contributed by atoms with Gasteiger partial charge >= 0.3 is 0 Å². The fourth-order valence-corrected chi connectivity index (χ4v) is 2.09. The van der Waals surface area contributed by atoms with E-state index in [1.807, 2.05) is 0 Å². The van der Waals surface area contributed by atoms with Gasteiger partial charge in [-0.05, 0) is 18.8 Å². The van der Waals surface area contributed by atoms with Gasteiger partial charge in [0.05, 0.1) is 0 Å². The van der Waals surface area contributed by atoms with Crippen molar-refractivity contribution in [2.75, 3.05) is 18.8 Å². The predicted molar refractivity (Wildman–Crippen MR) is 65.8 cm³/mol. The van der Waals surface area contributed by atoms with Gasteiger partial charge in [-0.2, -0.15) is 0 Å². The molecule has 1 aliphatic heterocycles. The van der Waals surface area contributed by atoms with E-state index in [2.05, 4.69) is 11.9 Å². The van der Waals surface area contributed by atoms with E-state index in [1.165, 1.54) is 12.3 Å². The minimum absolute atomic E-state index is 0.0713. The summed E-state index contributed by atoms with van der Waals surface area (Å²) >= 11 is 0. The molecule has 0 spiro atoms. The van der Waals surface area contributed by atoms with Gasteiger partial charge in [0.1, 0.15) is 11.4 Å². The Bertz CT molecular complexity index is 473. The summed E-state index contributed by atoms with van der Waals surface area (Å²) in [5, 5.41) is 0. The van der Waals surface area contributed by atoms with Crippen molar-refractivity contribution in [1.82, 2.24) is 9.88 Å². The molecule has 5 nitrogen and oxygen atoms in total. The molecule has 0 atom stereocenters. The highest BCUT2D eigenvalue weighted by atomic mass is 16.2. The number of nitrogens with one attached hydrogen (secondary N) is 1. The number of nitrogens with two attached hydrogens (primary N) is 1. The lowest BCUT2D eigenvalue weighted by atomic mass is 9.98. The third-order valence-electron chi connectivity index (χ3n) is 3.27. The van der Waals surface area contributed by atoms with Gasteiger partial charge in [-0.25, -0.2) is 0 Å². The molecule has 0 aliphatic carbocycles. The van der Waals surface area contributed by atoms with Gasteiger partial charge in [-0.15, -0.1) is 0 Å². The highest BCUT2D eigenvalue weighted by molar-refractivity contribution is 5.98. The molecule has 0 bridgehead atoms. The van der Waals surface area contributed by atoms with Crippen LogP contribution in [-0.2, 0) is 0 Å². The minimum atomic E-state index is -0.315. The first-order chi connectivity index (χ1) is 8.09. The monoisotopic (exact) mass is 235 g/mol. The molecule has 1 aromatic rings. The zero-order chi connectivity index (χ0) is 12.4. The maximum atomic E-state index is 12.2. The lowest BCUT2D eigenvalue weighted by Gasteiger charge is -2.30. The minimum Gasteiger partial charge on any atom is -0.384 e. The van der Waals surface area contributed by atoms with Crippen molar-refractivity contribution in [2.24, 2.45) is 5.92 Å². The molecule has 5 heteroatoms. The molecule has 17 heavy (non-hydrogen) atoms. The molecule has 0 radical (unpaired) electrons. The molecule has 1 aromatic heterocycles. The van der Waals surface area contributed by atoms with Gasteiger partial charge in [-0.1, -0.05) is 6.92 Å². The number of pyridine rings is 1. The molecule has 2 heterocycles. The second-order valence-corrected chi connectivity index (χ2v) is 4.61. The number of H-pyrrole nitrogens is 1. The lowest BCUT2D eigenvalue weighted by molar-refractivity contribution is 0.0696. The van der Waals surface area contributed by atoms with Crippen LogP contribution in [0.5, 0.6) is 0 Å². The van der Waals surface area contributed by atoms with Gasteiger partial charge in [0.15, 0.2) is 5.43 Å². The van der Waals surface area contributed by atoms with E-state index >= 15 is 0 Å². The van der Waals surface area contributed by atoms with Crippen LogP contribution < -0.4 is 11.2 Å². The third kappa shape index (κ3) is 2.33. The Morgan fingerprint density at radius 2 is 2.12 bits per heavy atom.